The number of benzene rings is 1. The molecule has 0 saturated heterocycles. The second-order valence-electron chi connectivity index (χ2n) is 5.86. The average Bonchev–Trinajstić information content (AvgIpc) is 2.74. The van der Waals surface area contributed by atoms with Crippen LogP contribution in [0.4, 0.5) is 5.82 Å². The Bertz CT molecular complexity index is 584. The molecule has 1 heterocycles. The van der Waals surface area contributed by atoms with Crippen LogP contribution in [0.2, 0.25) is 0 Å². The van der Waals surface area contributed by atoms with Gasteiger partial charge in [-0.1, -0.05) is 62.4 Å². The fourth-order valence-electron chi connectivity index (χ4n) is 2.78. The molecule has 0 spiro atoms. The Balaban J connectivity index is 2.16. The van der Waals surface area contributed by atoms with Gasteiger partial charge in [-0.15, -0.1) is 0 Å². The van der Waals surface area contributed by atoms with Gasteiger partial charge >= 0.3 is 0 Å². The van der Waals surface area contributed by atoms with Gasteiger partial charge in [0.2, 0.25) is 0 Å². The van der Waals surface area contributed by atoms with E-state index in [4.69, 9.17) is 5.73 Å². The van der Waals surface area contributed by atoms with Gasteiger partial charge in [-0.05, 0) is 25.3 Å². The Kier molecular flexibility index (Phi) is 5.43. The van der Waals surface area contributed by atoms with Crippen LogP contribution in [0.15, 0.2) is 24.3 Å². The number of rotatable bonds is 7. The molecule has 0 aliphatic heterocycles. The van der Waals surface area contributed by atoms with Gasteiger partial charge in [0.15, 0.2) is 0 Å². The molecule has 0 radical (unpaired) electrons. The number of nitrogens with zero attached hydrogens (tertiary/aromatic N) is 2. The van der Waals surface area contributed by atoms with Gasteiger partial charge in [0.25, 0.3) is 0 Å². The highest BCUT2D eigenvalue weighted by atomic mass is 15.3. The molecule has 0 saturated carbocycles. The predicted octanol–water partition coefficient (Wildman–Crippen LogP) is 4.49. The van der Waals surface area contributed by atoms with E-state index in [2.05, 4.69) is 43.2 Å². The summed E-state index contributed by atoms with van der Waals surface area (Å²) < 4.78 is 1.80. The third-order valence-electron chi connectivity index (χ3n) is 3.99. The lowest BCUT2D eigenvalue weighted by Gasteiger charge is -2.05. The second-order valence-corrected chi connectivity index (χ2v) is 5.86. The number of hydrogen-bond donors (Lipinski definition) is 1. The van der Waals surface area contributed by atoms with Gasteiger partial charge in [0, 0.05) is 12.6 Å². The zero-order valence-corrected chi connectivity index (χ0v) is 13.5. The number of anilines is 1. The summed E-state index contributed by atoms with van der Waals surface area (Å²) in [6, 6.07) is 8.51. The molecule has 1 aromatic heterocycles. The van der Waals surface area contributed by atoms with Crippen molar-refractivity contribution in [2.24, 2.45) is 7.05 Å². The minimum atomic E-state index is 0.768. The van der Waals surface area contributed by atoms with Crippen LogP contribution < -0.4 is 5.73 Å². The summed E-state index contributed by atoms with van der Waals surface area (Å²) in [7, 11) is 1.93. The minimum absolute atomic E-state index is 0.768. The van der Waals surface area contributed by atoms with E-state index in [9.17, 15) is 0 Å². The highest BCUT2D eigenvalue weighted by Crippen LogP contribution is 2.30. The molecule has 2 N–H and O–H groups in total. The molecule has 0 unspecified atom stereocenters. The van der Waals surface area contributed by atoms with E-state index in [1.807, 2.05) is 7.05 Å². The third kappa shape index (κ3) is 3.87. The summed E-state index contributed by atoms with van der Waals surface area (Å²) >= 11 is 0. The fraction of sp³-hybridized carbons (Fsp3) is 0.500. The average molecular weight is 285 g/mol. The zero-order valence-electron chi connectivity index (χ0n) is 13.5. The van der Waals surface area contributed by atoms with E-state index >= 15 is 0 Å². The van der Waals surface area contributed by atoms with E-state index < -0.39 is 0 Å². The molecule has 0 aliphatic rings. The van der Waals surface area contributed by atoms with E-state index in [1.54, 1.807) is 4.68 Å². The molecule has 2 rings (SSSR count). The molecule has 0 amide bonds. The first kappa shape index (κ1) is 15.6. The molecule has 2 aromatic rings. The molecule has 3 heteroatoms. The van der Waals surface area contributed by atoms with Crippen molar-refractivity contribution >= 4 is 5.82 Å². The Hall–Kier alpha value is -1.77. The van der Waals surface area contributed by atoms with Crippen LogP contribution in [-0.2, 0) is 13.5 Å². The fourth-order valence-corrected chi connectivity index (χ4v) is 2.78. The topological polar surface area (TPSA) is 43.8 Å². The van der Waals surface area contributed by atoms with Crippen molar-refractivity contribution < 1.29 is 0 Å². The molecule has 3 nitrogen and oxygen atoms in total. The van der Waals surface area contributed by atoms with Crippen molar-refractivity contribution in [1.29, 1.82) is 0 Å². The molecule has 0 atom stereocenters. The van der Waals surface area contributed by atoms with Gasteiger partial charge in [0.05, 0.1) is 5.69 Å². The van der Waals surface area contributed by atoms with Crippen molar-refractivity contribution in [2.45, 2.75) is 52.4 Å². The van der Waals surface area contributed by atoms with Crippen LogP contribution in [0.3, 0.4) is 0 Å². The maximum absolute atomic E-state index is 6.24. The Morgan fingerprint density at radius 2 is 1.90 bits per heavy atom. The van der Waals surface area contributed by atoms with Crippen LogP contribution in [0.5, 0.6) is 0 Å². The number of nitrogen functional groups attached to an aromatic ring is 1. The van der Waals surface area contributed by atoms with Crippen molar-refractivity contribution in [1.82, 2.24) is 9.78 Å². The lowest BCUT2D eigenvalue weighted by Crippen LogP contribution is -1.98. The van der Waals surface area contributed by atoms with Gasteiger partial charge in [-0.25, -0.2) is 0 Å². The minimum Gasteiger partial charge on any atom is -0.383 e. The predicted molar refractivity (Wildman–Crippen MR) is 90.3 cm³/mol. The SMILES string of the molecule is CCCCCCCc1nn(C)c(N)c1-c1cccc(C)c1. The van der Waals surface area contributed by atoms with Gasteiger partial charge in [-0.2, -0.15) is 5.10 Å². The normalized spacial score (nSPS) is 11.0. The first-order valence-electron chi connectivity index (χ1n) is 8.02. The maximum Gasteiger partial charge on any atom is 0.129 e. The highest BCUT2D eigenvalue weighted by Gasteiger charge is 2.15. The van der Waals surface area contributed by atoms with Gasteiger partial charge in [0.1, 0.15) is 5.82 Å². The number of unbranched alkanes of at least 4 members (excludes halogenated alkanes) is 4. The van der Waals surface area contributed by atoms with Crippen LogP contribution in [0.1, 0.15) is 50.3 Å². The van der Waals surface area contributed by atoms with Gasteiger partial charge in [-0.3, -0.25) is 4.68 Å². The van der Waals surface area contributed by atoms with Crippen molar-refractivity contribution in [3.63, 3.8) is 0 Å². The first-order chi connectivity index (χ1) is 10.1. The number of nitrogens with two attached hydrogens (primary N) is 1. The Labute approximate surface area is 128 Å². The summed E-state index contributed by atoms with van der Waals surface area (Å²) in [6.07, 6.45) is 7.41. The van der Waals surface area contributed by atoms with Crippen molar-refractivity contribution in [3.05, 3.63) is 35.5 Å². The lowest BCUT2D eigenvalue weighted by atomic mass is 10.00. The highest BCUT2D eigenvalue weighted by molar-refractivity contribution is 5.77. The molecule has 1 aromatic carbocycles. The number of aromatic nitrogens is 2. The zero-order chi connectivity index (χ0) is 15.2. The Morgan fingerprint density at radius 1 is 1.14 bits per heavy atom. The summed E-state index contributed by atoms with van der Waals surface area (Å²) in [5, 5.41) is 4.63. The third-order valence-corrected chi connectivity index (χ3v) is 3.99. The van der Waals surface area contributed by atoms with E-state index in [1.165, 1.54) is 43.2 Å². The second kappa shape index (κ2) is 7.30. The number of aryl methyl sites for hydroxylation is 3. The smallest absolute Gasteiger partial charge is 0.129 e. The van der Waals surface area contributed by atoms with Crippen LogP contribution in [-0.4, -0.2) is 9.78 Å². The summed E-state index contributed by atoms with van der Waals surface area (Å²) in [4.78, 5) is 0. The molecule has 0 aliphatic carbocycles. The number of hydrogen-bond acceptors (Lipinski definition) is 2. The molecule has 21 heavy (non-hydrogen) atoms. The molecule has 0 fully saturated rings. The van der Waals surface area contributed by atoms with Gasteiger partial charge < -0.3 is 5.73 Å². The summed E-state index contributed by atoms with van der Waals surface area (Å²) in [5.41, 5.74) is 10.9. The standard InChI is InChI=1S/C18H27N3/c1-4-5-6-7-8-12-16-17(18(19)21(3)20-16)15-11-9-10-14(2)13-15/h9-11,13H,4-8,12,19H2,1-3H3. The Morgan fingerprint density at radius 3 is 2.62 bits per heavy atom. The summed E-state index contributed by atoms with van der Waals surface area (Å²) in [5.74, 6) is 0.768. The maximum atomic E-state index is 6.24. The molecule has 0 bridgehead atoms. The van der Waals surface area contributed by atoms with Crippen LogP contribution >= 0.6 is 0 Å². The van der Waals surface area contributed by atoms with Crippen molar-refractivity contribution in [3.8, 4) is 11.1 Å². The van der Waals surface area contributed by atoms with E-state index in [0.717, 1.165) is 23.5 Å². The molecular formula is C18H27N3. The monoisotopic (exact) mass is 285 g/mol. The van der Waals surface area contributed by atoms with E-state index in [-0.39, 0.29) is 0 Å². The van der Waals surface area contributed by atoms with Crippen LogP contribution in [0, 0.1) is 6.92 Å². The van der Waals surface area contributed by atoms with Crippen LogP contribution in [0.25, 0.3) is 11.1 Å². The quantitative estimate of drug-likeness (QED) is 0.762. The summed E-state index contributed by atoms with van der Waals surface area (Å²) in [6.45, 7) is 4.36. The first-order valence-corrected chi connectivity index (χ1v) is 8.02. The molecular weight excluding hydrogens is 258 g/mol. The van der Waals surface area contributed by atoms with E-state index in [0.29, 0.717) is 0 Å². The lowest BCUT2D eigenvalue weighted by molar-refractivity contribution is 0.623. The van der Waals surface area contributed by atoms with Crippen molar-refractivity contribution in [2.75, 3.05) is 5.73 Å². The largest absolute Gasteiger partial charge is 0.383 e. The molecule has 114 valence electrons.